The largest absolute Gasteiger partial charge is 0.370 e. The molecule has 1 heterocycles. The van der Waals surface area contributed by atoms with Crippen molar-refractivity contribution in [2.75, 3.05) is 11.9 Å². The maximum atomic E-state index is 4.54. The molecule has 1 aromatic heterocycles. The highest BCUT2D eigenvalue weighted by atomic mass is 79.9. The molecule has 1 aliphatic rings. The average Bonchev–Trinajstić information content (AvgIpc) is 2.81. The van der Waals surface area contributed by atoms with Gasteiger partial charge >= 0.3 is 0 Å². The quantitative estimate of drug-likeness (QED) is 0.821. The van der Waals surface area contributed by atoms with E-state index in [2.05, 4.69) is 45.1 Å². The van der Waals surface area contributed by atoms with E-state index >= 15 is 0 Å². The van der Waals surface area contributed by atoms with Crippen LogP contribution in [0.1, 0.15) is 57.7 Å². The standard InChI is InChI=1S/C14H22BrN3/c1-10(2)14-17-12(15)9-13(18-14)16-8-7-11-5-3-4-6-11/h9-11H,3-8H2,1-2H3,(H,16,17,18). The molecule has 1 aliphatic carbocycles. The molecule has 100 valence electrons. The third-order valence-electron chi connectivity index (χ3n) is 3.56. The Bertz CT molecular complexity index is 387. The van der Waals surface area contributed by atoms with Crippen molar-refractivity contribution in [3.05, 3.63) is 16.5 Å². The highest BCUT2D eigenvalue weighted by Crippen LogP contribution is 2.27. The van der Waals surface area contributed by atoms with Gasteiger partial charge < -0.3 is 5.32 Å². The Labute approximate surface area is 118 Å². The van der Waals surface area contributed by atoms with Crippen LogP contribution in [0.15, 0.2) is 10.7 Å². The molecule has 0 spiro atoms. The van der Waals surface area contributed by atoms with Crippen LogP contribution >= 0.6 is 15.9 Å². The van der Waals surface area contributed by atoms with E-state index in [4.69, 9.17) is 0 Å². The lowest BCUT2D eigenvalue weighted by Gasteiger charge is -2.12. The fourth-order valence-corrected chi connectivity index (χ4v) is 2.89. The zero-order chi connectivity index (χ0) is 13.0. The monoisotopic (exact) mass is 311 g/mol. The summed E-state index contributed by atoms with van der Waals surface area (Å²) in [6.07, 6.45) is 6.92. The third-order valence-corrected chi connectivity index (χ3v) is 3.97. The summed E-state index contributed by atoms with van der Waals surface area (Å²) in [5.41, 5.74) is 0. The highest BCUT2D eigenvalue weighted by Gasteiger charge is 2.14. The molecular formula is C14H22BrN3. The van der Waals surface area contributed by atoms with Crippen LogP contribution in [-0.2, 0) is 0 Å². The second kappa shape index (κ2) is 6.50. The van der Waals surface area contributed by atoms with Crippen molar-refractivity contribution >= 4 is 21.7 Å². The highest BCUT2D eigenvalue weighted by molar-refractivity contribution is 9.10. The Balaban J connectivity index is 1.88. The van der Waals surface area contributed by atoms with Crippen LogP contribution in [0.25, 0.3) is 0 Å². The number of nitrogens with one attached hydrogen (secondary N) is 1. The molecule has 1 saturated carbocycles. The van der Waals surface area contributed by atoms with Crippen LogP contribution in [0.5, 0.6) is 0 Å². The summed E-state index contributed by atoms with van der Waals surface area (Å²) in [6.45, 7) is 5.25. The zero-order valence-electron chi connectivity index (χ0n) is 11.2. The van der Waals surface area contributed by atoms with Crippen molar-refractivity contribution < 1.29 is 0 Å². The molecule has 0 amide bonds. The van der Waals surface area contributed by atoms with Gasteiger partial charge in [0.25, 0.3) is 0 Å². The first kappa shape index (κ1) is 13.8. The van der Waals surface area contributed by atoms with E-state index < -0.39 is 0 Å². The molecule has 3 nitrogen and oxygen atoms in total. The van der Waals surface area contributed by atoms with Crippen LogP contribution < -0.4 is 5.32 Å². The molecule has 0 bridgehead atoms. The summed E-state index contributed by atoms with van der Waals surface area (Å²) < 4.78 is 0.865. The first-order valence-corrected chi connectivity index (χ1v) is 7.73. The van der Waals surface area contributed by atoms with Crippen LogP contribution in [0.2, 0.25) is 0 Å². The Morgan fingerprint density at radius 1 is 1.33 bits per heavy atom. The molecule has 0 radical (unpaired) electrons. The van der Waals surface area contributed by atoms with Crippen LogP contribution in [0.4, 0.5) is 5.82 Å². The minimum atomic E-state index is 0.359. The Hall–Kier alpha value is -0.640. The van der Waals surface area contributed by atoms with Crippen LogP contribution in [0.3, 0.4) is 0 Å². The number of rotatable bonds is 5. The van der Waals surface area contributed by atoms with E-state index in [1.807, 2.05) is 6.07 Å². The van der Waals surface area contributed by atoms with Crippen molar-refractivity contribution in [2.24, 2.45) is 5.92 Å². The van der Waals surface area contributed by atoms with Gasteiger partial charge in [-0.05, 0) is 28.3 Å². The maximum absolute atomic E-state index is 4.54. The van der Waals surface area contributed by atoms with E-state index in [9.17, 15) is 0 Å². The van der Waals surface area contributed by atoms with E-state index in [0.717, 1.165) is 28.7 Å². The molecule has 0 atom stereocenters. The predicted molar refractivity (Wildman–Crippen MR) is 78.9 cm³/mol. The van der Waals surface area contributed by atoms with Crippen molar-refractivity contribution in [2.45, 2.75) is 51.9 Å². The lowest BCUT2D eigenvalue weighted by atomic mass is 10.0. The Kier molecular flexibility index (Phi) is 4.98. The molecule has 4 heteroatoms. The summed E-state index contributed by atoms with van der Waals surface area (Å²) in [7, 11) is 0. The second-order valence-corrected chi connectivity index (χ2v) is 6.27. The first-order valence-electron chi connectivity index (χ1n) is 6.93. The first-order chi connectivity index (χ1) is 8.65. The van der Waals surface area contributed by atoms with Crippen molar-refractivity contribution in [1.82, 2.24) is 9.97 Å². The van der Waals surface area contributed by atoms with E-state index in [1.54, 1.807) is 0 Å². The fraction of sp³-hybridized carbons (Fsp3) is 0.714. The Morgan fingerprint density at radius 3 is 2.72 bits per heavy atom. The van der Waals surface area contributed by atoms with Gasteiger partial charge in [-0.1, -0.05) is 39.5 Å². The summed E-state index contributed by atoms with van der Waals surface area (Å²) >= 11 is 3.45. The number of hydrogen-bond donors (Lipinski definition) is 1. The summed E-state index contributed by atoms with van der Waals surface area (Å²) in [6, 6.07) is 1.96. The molecule has 1 aromatic rings. The van der Waals surface area contributed by atoms with Crippen molar-refractivity contribution in [1.29, 1.82) is 0 Å². The molecule has 0 aliphatic heterocycles. The normalized spacial score (nSPS) is 16.4. The lowest BCUT2D eigenvalue weighted by Crippen LogP contribution is -2.09. The van der Waals surface area contributed by atoms with Gasteiger partial charge in [0.2, 0.25) is 0 Å². The number of hydrogen-bond acceptors (Lipinski definition) is 3. The zero-order valence-corrected chi connectivity index (χ0v) is 12.8. The molecule has 0 saturated heterocycles. The summed E-state index contributed by atoms with van der Waals surface area (Å²) in [4.78, 5) is 8.93. The van der Waals surface area contributed by atoms with E-state index in [0.29, 0.717) is 5.92 Å². The number of halogens is 1. The number of aromatic nitrogens is 2. The van der Waals surface area contributed by atoms with Gasteiger partial charge in [-0.15, -0.1) is 0 Å². The molecule has 1 fully saturated rings. The lowest BCUT2D eigenvalue weighted by molar-refractivity contribution is 0.518. The average molecular weight is 312 g/mol. The molecule has 18 heavy (non-hydrogen) atoms. The van der Waals surface area contributed by atoms with Crippen LogP contribution in [-0.4, -0.2) is 16.5 Å². The number of anilines is 1. The van der Waals surface area contributed by atoms with Gasteiger partial charge in [0.1, 0.15) is 16.2 Å². The third kappa shape index (κ3) is 3.94. The second-order valence-electron chi connectivity index (χ2n) is 5.45. The minimum Gasteiger partial charge on any atom is -0.370 e. The molecule has 0 unspecified atom stereocenters. The Morgan fingerprint density at radius 2 is 2.06 bits per heavy atom. The summed E-state index contributed by atoms with van der Waals surface area (Å²) in [5, 5.41) is 3.43. The summed E-state index contributed by atoms with van der Waals surface area (Å²) in [5.74, 6) is 3.12. The number of nitrogens with zero attached hydrogens (tertiary/aromatic N) is 2. The minimum absolute atomic E-state index is 0.359. The van der Waals surface area contributed by atoms with Gasteiger partial charge in [-0.3, -0.25) is 0 Å². The molecule has 0 aromatic carbocycles. The van der Waals surface area contributed by atoms with Gasteiger partial charge in [-0.25, -0.2) is 9.97 Å². The fourth-order valence-electron chi connectivity index (χ4n) is 2.49. The van der Waals surface area contributed by atoms with Crippen LogP contribution in [0, 0.1) is 5.92 Å². The van der Waals surface area contributed by atoms with Gasteiger partial charge in [0.05, 0.1) is 0 Å². The van der Waals surface area contributed by atoms with Crippen molar-refractivity contribution in [3.8, 4) is 0 Å². The molecular weight excluding hydrogens is 290 g/mol. The van der Waals surface area contributed by atoms with Gasteiger partial charge in [0.15, 0.2) is 0 Å². The topological polar surface area (TPSA) is 37.8 Å². The smallest absolute Gasteiger partial charge is 0.134 e. The van der Waals surface area contributed by atoms with Gasteiger partial charge in [-0.2, -0.15) is 0 Å². The predicted octanol–water partition coefficient (Wildman–Crippen LogP) is 4.35. The molecule has 1 N–H and O–H groups in total. The van der Waals surface area contributed by atoms with Gasteiger partial charge in [0, 0.05) is 18.5 Å². The maximum Gasteiger partial charge on any atom is 0.134 e. The van der Waals surface area contributed by atoms with Crippen molar-refractivity contribution in [3.63, 3.8) is 0 Å². The SMILES string of the molecule is CC(C)c1nc(Br)cc(NCCC2CCCC2)n1. The van der Waals surface area contributed by atoms with E-state index in [1.165, 1.54) is 32.1 Å². The molecule has 2 rings (SSSR count). The van der Waals surface area contributed by atoms with E-state index in [-0.39, 0.29) is 0 Å².